The van der Waals surface area contributed by atoms with Gasteiger partial charge in [-0.2, -0.15) is 0 Å². The molecule has 0 spiro atoms. The van der Waals surface area contributed by atoms with Gasteiger partial charge in [0.25, 0.3) is 10.0 Å². The maximum absolute atomic E-state index is 12.2. The maximum atomic E-state index is 12.2. The Morgan fingerprint density at radius 3 is 2.29 bits per heavy atom. The van der Waals surface area contributed by atoms with E-state index in [1.165, 1.54) is 6.21 Å². The quantitative estimate of drug-likeness (QED) is 0.506. The van der Waals surface area contributed by atoms with E-state index in [1.54, 1.807) is 48.5 Å². The van der Waals surface area contributed by atoms with Crippen LogP contribution in [0.2, 0.25) is 0 Å². The number of hydrogen-bond acceptors (Lipinski definition) is 4. The van der Waals surface area contributed by atoms with Crippen LogP contribution >= 0.6 is 0 Å². The Labute approximate surface area is 124 Å². The molecule has 0 aliphatic carbocycles. The highest BCUT2D eigenvalue weighted by Crippen LogP contribution is 2.17. The van der Waals surface area contributed by atoms with Crippen LogP contribution in [0.25, 0.3) is 0 Å². The van der Waals surface area contributed by atoms with Crippen molar-refractivity contribution in [1.82, 2.24) is 0 Å². The topological polar surface area (TPSA) is 78.8 Å². The van der Waals surface area contributed by atoms with Crippen LogP contribution in [0, 0.1) is 6.92 Å². The second-order valence-corrected chi connectivity index (χ2v) is 6.30. The number of oxime groups is 1. The molecule has 2 rings (SSSR count). The Hall–Kier alpha value is -2.34. The van der Waals surface area contributed by atoms with Gasteiger partial charge >= 0.3 is 0 Å². The summed E-state index contributed by atoms with van der Waals surface area (Å²) in [5.74, 6) is 0. The number of anilines is 1. The molecule has 0 radical (unpaired) electrons. The molecule has 0 bridgehead atoms. The molecule has 21 heavy (non-hydrogen) atoms. The molecule has 0 aliphatic heterocycles. The Morgan fingerprint density at radius 2 is 1.71 bits per heavy atom. The minimum absolute atomic E-state index is 0.226. The van der Waals surface area contributed by atoms with Crippen LogP contribution in [0.3, 0.4) is 0 Å². The first-order valence-electron chi connectivity index (χ1n) is 6.35. The lowest BCUT2D eigenvalue weighted by atomic mass is 10.1. The Balaban J connectivity index is 2.15. The second-order valence-electron chi connectivity index (χ2n) is 4.62. The van der Waals surface area contributed by atoms with Crippen molar-refractivity contribution in [1.29, 1.82) is 0 Å². The zero-order chi connectivity index (χ0) is 15.3. The normalized spacial score (nSPS) is 11.7. The van der Waals surface area contributed by atoms with Crippen molar-refractivity contribution < 1.29 is 13.6 Å². The maximum Gasteiger partial charge on any atom is 0.261 e. The van der Waals surface area contributed by atoms with Gasteiger partial charge < -0.3 is 5.21 Å². The van der Waals surface area contributed by atoms with Crippen LogP contribution in [0.1, 0.15) is 11.1 Å². The number of benzene rings is 2. The van der Waals surface area contributed by atoms with Gasteiger partial charge in [-0.25, -0.2) is 8.42 Å². The molecule has 110 valence electrons. The average Bonchev–Trinajstić information content (AvgIpc) is 2.47. The van der Waals surface area contributed by atoms with E-state index in [0.717, 1.165) is 11.1 Å². The third-order valence-corrected chi connectivity index (χ3v) is 4.34. The van der Waals surface area contributed by atoms with E-state index in [0.29, 0.717) is 12.1 Å². The summed E-state index contributed by atoms with van der Waals surface area (Å²) >= 11 is 0. The summed E-state index contributed by atoms with van der Waals surface area (Å²) in [6.45, 7) is 1.90. The van der Waals surface area contributed by atoms with Gasteiger partial charge in [0.15, 0.2) is 0 Å². The highest BCUT2D eigenvalue weighted by Gasteiger charge is 2.13. The fraction of sp³-hybridized carbons (Fsp3) is 0.133. The molecule has 2 aromatic rings. The molecular formula is C15H16N2O3S. The van der Waals surface area contributed by atoms with Crippen molar-refractivity contribution in [3.8, 4) is 0 Å². The smallest absolute Gasteiger partial charge is 0.261 e. The largest absolute Gasteiger partial charge is 0.411 e. The monoisotopic (exact) mass is 304 g/mol. The fourth-order valence-corrected chi connectivity index (χ4v) is 2.85. The average molecular weight is 304 g/mol. The molecule has 0 amide bonds. The van der Waals surface area contributed by atoms with E-state index in [1.807, 2.05) is 6.92 Å². The van der Waals surface area contributed by atoms with Crippen LogP contribution in [0.15, 0.2) is 58.6 Å². The molecule has 0 atom stereocenters. The minimum atomic E-state index is -3.58. The highest BCUT2D eigenvalue weighted by molar-refractivity contribution is 7.92. The summed E-state index contributed by atoms with van der Waals surface area (Å²) in [6.07, 6.45) is 1.85. The van der Waals surface area contributed by atoms with Gasteiger partial charge in [-0.3, -0.25) is 4.72 Å². The van der Waals surface area contributed by atoms with E-state index in [2.05, 4.69) is 9.88 Å². The first-order valence-corrected chi connectivity index (χ1v) is 7.84. The summed E-state index contributed by atoms with van der Waals surface area (Å²) in [7, 11) is -3.58. The molecule has 0 saturated heterocycles. The van der Waals surface area contributed by atoms with Crippen LogP contribution in [0.4, 0.5) is 5.69 Å². The van der Waals surface area contributed by atoms with Crippen LogP contribution in [-0.2, 0) is 16.4 Å². The van der Waals surface area contributed by atoms with Gasteiger partial charge in [0.05, 0.1) is 4.90 Å². The third kappa shape index (κ3) is 4.06. The summed E-state index contributed by atoms with van der Waals surface area (Å²) in [5, 5.41) is 11.3. The molecule has 0 unspecified atom stereocenters. The van der Waals surface area contributed by atoms with E-state index in [-0.39, 0.29) is 4.90 Å². The number of hydrogen-bond donors (Lipinski definition) is 2. The van der Waals surface area contributed by atoms with Crippen molar-refractivity contribution >= 4 is 21.9 Å². The molecule has 0 saturated carbocycles. The zero-order valence-electron chi connectivity index (χ0n) is 11.5. The van der Waals surface area contributed by atoms with Gasteiger partial charge in [-0.05, 0) is 36.8 Å². The summed E-state index contributed by atoms with van der Waals surface area (Å²) in [5.41, 5.74) is 2.41. The summed E-state index contributed by atoms with van der Waals surface area (Å²) < 4.78 is 26.9. The van der Waals surface area contributed by atoms with E-state index < -0.39 is 10.0 Å². The summed E-state index contributed by atoms with van der Waals surface area (Å²) in [4.78, 5) is 0.226. The molecule has 0 heterocycles. The van der Waals surface area contributed by atoms with Gasteiger partial charge in [0.2, 0.25) is 0 Å². The van der Waals surface area contributed by atoms with Gasteiger partial charge in [-0.1, -0.05) is 29.8 Å². The van der Waals surface area contributed by atoms with Crippen LogP contribution in [-0.4, -0.2) is 19.8 Å². The fourth-order valence-electron chi connectivity index (χ4n) is 1.79. The third-order valence-electron chi connectivity index (χ3n) is 2.95. The number of sulfonamides is 1. The van der Waals surface area contributed by atoms with E-state index >= 15 is 0 Å². The van der Waals surface area contributed by atoms with Crippen LogP contribution < -0.4 is 4.72 Å². The van der Waals surface area contributed by atoms with E-state index in [9.17, 15) is 8.42 Å². The molecule has 0 fully saturated rings. The minimum Gasteiger partial charge on any atom is -0.411 e. The predicted molar refractivity (Wildman–Crippen MR) is 82.4 cm³/mol. The van der Waals surface area contributed by atoms with Crippen molar-refractivity contribution in [3.63, 3.8) is 0 Å². The molecule has 6 heteroatoms. The standard InChI is InChI=1S/C15H16N2O3S/c1-12-2-8-15(9-3-12)21(19,20)17-14-6-4-13(5-7-14)10-11-16-18/h2-9,11,17-18H,10H2,1H3/b16-11+. The van der Waals surface area contributed by atoms with Gasteiger partial charge in [0.1, 0.15) is 0 Å². The SMILES string of the molecule is Cc1ccc(S(=O)(=O)Nc2ccc(C/C=N/O)cc2)cc1. The number of rotatable bonds is 5. The first kappa shape index (κ1) is 15.1. The van der Waals surface area contributed by atoms with Gasteiger partial charge in [-0.15, -0.1) is 5.16 Å². The van der Waals surface area contributed by atoms with Gasteiger partial charge in [0, 0.05) is 18.3 Å². The molecule has 2 N–H and O–H groups in total. The Kier molecular flexibility index (Phi) is 4.59. The van der Waals surface area contributed by atoms with Crippen molar-refractivity contribution in [2.75, 3.05) is 4.72 Å². The van der Waals surface area contributed by atoms with E-state index in [4.69, 9.17) is 5.21 Å². The number of nitrogens with zero attached hydrogens (tertiary/aromatic N) is 1. The first-order chi connectivity index (χ1) is 10.0. The lowest BCUT2D eigenvalue weighted by molar-refractivity contribution is 0.321. The molecular weight excluding hydrogens is 288 g/mol. The molecule has 2 aromatic carbocycles. The van der Waals surface area contributed by atoms with Crippen molar-refractivity contribution in [2.24, 2.45) is 5.16 Å². The van der Waals surface area contributed by atoms with Crippen molar-refractivity contribution in [2.45, 2.75) is 18.2 Å². The molecule has 0 aliphatic rings. The Bertz CT molecular complexity index is 721. The summed E-state index contributed by atoms with van der Waals surface area (Å²) in [6, 6.07) is 13.5. The molecule has 0 aromatic heterocycles. The number of aryl methyl sites for hydroxylation is 1. The highest BCUT2D eigenvalue weighted by atomic mass is 32.2. The lowest BCUT2D eigenvalue weighted by Gasteiger charge is -2.08. The van der Waals surface area contributed by atoms with Crippen molar-refractivity contribution in [3.05, 3.63) is 59.7 Å². The zero-order valence-corrected chi connectivity index (χ0v) is 12.3. The lowest BCUT2D eigenvalue weighted by Crippen LogP contribution is -2.12. The second kappa shape index (κ2) is 6.41. The van der Waals surface area contributed by atoms with Crippen LogP contribution in [0.5, 0.6) is 0 Å². The number of nitrogens with one attached hydrogen (secondary N) is 1. The Morgan fingerprint density at radius 1 is 1.10 bits per heavy atom. The molecule has 5 nitrogen and oxygen atoms in total. The predicted octanol–water partition coefficient (Wildman–Crippen LogP) is 2.80.